The van der Waals surface area contributed by atoms with Gasteiger partial charge in [0.1, 0.15) is 5.54 Å². The predicted molar refractivity (Wildman–Crippen MR) is 80.1 cm³/mol. The number of carbonyl (C=O) groups is 1. The number of likely N-dealkylation sites (N-methyl/N-ethyl adjacent to an activating group) is 1. The van der Waals surface area contributed by atoms with Gasteiger partial charge in [-0.25, -0.2) is 4.79 Å². The lowest BCUT2D eigenvalue weighted by Gasteiger charge is -2.44. The van der Waals surface area contributed by atoms with Gasteiger partial charge in [0.05, 0.1) is 0 Å². The molecule has 1 aliphatic heterocycles. The van der Waals surface area contributed by atoms with Crippen molar-refractivity contribution in [2.45, 2.75) is 18.9 Å². The second kappa shape index (κ2) is 6.12. The highest BCUT2D eigenvalue weighted by Gasteiger charge is 2.45. The van der Waals surface area contributed by atoms with E-state index >= 15 is 0 Å². The van der Waals surface area contributed by atoms with Crippen LogP contribution in [0.1, 0.15) is 18.9 Å². The van der Waals surface area contributed by atoms with Crippen molar-refractivity contribution in [3.63, 3.8) is 0 Å². The number of hydrogen-bond acceptors (Lipinski definition) is 3. The molecule has 0 spiro atoms. The van der Waals surface area contributed by atoms with Gasteiger partial charge in [0.15, 0.2) is 0 Å². The third-order valence-electron chi connectivity index (χ3n) is 4.23. The van der Waals surface area contributed by atoms with Crippen molar-refractivity contribution in [3.05, 3.63) is 34.9 Å². The molecule has 1 atom stereocenters. The summed E-state index contributed by atoms with van der Waals surface area (Å²) >= 11 is 5.92. The number of benzene rings is 1. The Kier molecular flexibility index (Phi) is 4.68. The van der Waals surface area contributed by atoms with Gasteiger partial charge in [0, 0.05) is 31.2 Å². The highest BCUT2D eigenvalue weighted by atomic mass is 35.5. The molecule has 0 bridgehead atoms. The van der Waals surface area contributed by atoms with Crippen molar-refractivity contribution in [2.75, 3.05) is 33.2 Å². The van der Waals surface area contributed by atoms with Crippen LogP contribution in [0.15, 0.2) is 24.3 Å². The zero-order chi connectivity index (χ0) is 14.8. The van der Waals surface area contributed by atoms with Crippen LogP contribution >= 0.6 is 11.6 Å². The second-order valence-electron chi connectivity index (χ2n) is 5.32. The Morgan fingerprint density at radius 2 is 1.80 bits per heavy atom. The number of nitrogens with zero attached hydrogens (tertiary/aromatic N) is 2. The lowest BCUT2D eigenvalue weighted by molar-refractivity contribution is -0.154. The van der Waals surface area contributed by atoms with E-state index in [1.54, 1.807) is 12.1 Å². The Morgan fingerprint density at radius 3 is 2.25 bits per heavy atom. The summed E-state index contributed by atoms with van der Waals surface area (Å²) in [5.74, 6) is -0.785. The van der Waals surface area contributed by atoms with E-state index in [1.165, 1.54) is 0 Å². The smallest absolute Gasteiger partial charge is 0.328 e. The van der Waals surface area contributed by atoms with Crippen molar-refractivity contribution in [3.8, 4) is 0 Å². The molecule has 0 aromatic heterocycles. The van der Waals surface area contributed by atoms with E-state index in [9.17, 15) is 9.90 Å². The van der Waals surface area contributed by atoms with Gasteiger partial charge >= 0.3 is 5.97 Å². The second-order valence-corrected chi connectivity index (χ2v) is 5.75. The largest absolute Gasteiger partial charge is 0.480 e. The zero-order valence-corrected chi connectivity index (χ0v) is 12.7. The minimum atomic E-state index is -0.953. The van der Waals surface area contributed by atoms with Gasteiger partial charge in [-0.2, -0.15) is 0 Å². The number of carboxylic acids is 1. The van der Waals surface area contributed by atoms with Gasteiger partial charge in [0.25, 0.3) is 0 Å². The molecule has 0 aliphatic carbocycles. The van der Waals surface area contributed by atoms with Crippen LogP contribution < -0.4 is 0 Å². The van der Waals surface area contributed by atoms with Crippen molar-refractivity contribution < 1.29 is 9.90 Å². The molecule has 1 N–H and O–H groups in total. The molecule has 1 fully saturated rings. The van der Waals surface area contributed by atoms with Crippen molar-refractivity contribution in [2.24, 2.45) is 0 Å². The standard InChI is InChI=1S/C15H21ClN2O2/c1-3-15(14(19)20,12-4-6-13(16)7-5-12)18-10-8-17(2)9-11-18/h4-7H,3,8-11H2,1-2H3,(H,19,20). The minimum Gasteiger partial charge on any atom is -0.480 e. The maximum absolute atomic E-state index is 12.0. The average Bonchev–Trinajstić information content (AvgIpc) is 2.43. The molecule has 110 valence electrons. The summed E-state index contributed by atoms with van der Waals surface area (Å²) in [6, 6.07) is 7.19. The SMILES string of the molecule is CCC(C(=O)O)(c1ccc(Cl)cc1)N1CCN(C)CC1. The third-order valence-corrected chi connectivity index (χ3v) is 4.48. The van der Waals surface area contributed by atoms with Gasteiger partial charge in [-0.3, -0.25) is 4.90 Å². The fourth-order valence-corrected chi connectivity index (χ4v) is 3.06. The van der Waals surface area contributed by atoms with Crippen LogP contribution in [0, 0.1) is 0 Å². The summed E-state index contributed by atoms with van der Waals surface area (Å²) in [4.78, 5) is 16.3. The van der Waals surface area contributed by atoms with E-state index in [4.69, 9.17) is 11.6 Å². The van der Waals surface area contributed by atoms with Crippen molar-refractivity contribution >= 4 is 17.6 Å². The number of aliphatic carboxylic acids is 1. The molecular weight excluding hydrogens is 276 g/mol. The number of hydrogen-bond donors (Lipinski definition) is 1. The van der Waals surface area contributed by atoms with Crippen LogP contribution in [0.25, 0.3) is 0 Å². The van der Waals surface area contributed by atoms with E-state index in [0.717, 1.165) is 31.7 Å². The minimum absolute atomic E-state index is 0.535. The number of carboxylic acid groups (broad SMARTS) is 1. The Balaban J connectivity index is 2.39. The first-order valence-electron chi connectivity index (χ1n) is 6.93. The van der Waals surface area contributed by atoms with Gasteiger partial charge < -0.3 is 10.0 Å². The molecule has 1 saturated heterocycles. The first kappa shape index (κ1) is 15.3. The molecule has 0 saturated carbocycles. The normalized spacial score (nSPS) is 20.6. The molecule has 1 aromatic rings. The summed E-state index contributed by atoms with van der Waals surface area (Å²) < 4.78 is 0. The molecule has 1 unspecified atom stereocenters. The topological polar surface area (TPSA) is 43.8 Å². The van der Waals surface area contributed by atoms with Crippen molar-refractivity contribution in [1.29, 1.82) is 0 Å². The summed E-state index contributed by atoms with van der Waals surface area (Å²) in [7, 11) is 2.06. The molecule has 4 nitrogen and oxygen atoms in total. The van der Waals surface area contributed by atoms with Crippen LogP contribution in [-0.4, -0.2) is 54.1 Å². The molecule has 5 heteroatoms. The monoisotopic (exact) mass is 296 g/mol. The number of halogens is 1. The van der Waals surface area contributed by atoms with Crippen molar-refractivity contribution in [1.82, 2.24) is 9.80 Å². The Morgan fingerprint density at radius 1 is 1.25 bits per heavy atom. The first-order valence-corrected chi connectivity index (χ1v) is 7.31. The molecule has 1 aliphatic rings. The van der Waals surface area contributed by atoms with Crippen LogP contribution in [0.2, 0.25) is 5.02 Å². The fourth-order valence-electron chi connectivity index (χ4n) is 2.93. The molecule has 0 amide bonds. The van der Waals surface area contributed by atoms with Gasteiger partial charge in [-0.15, -0.1) is 0 Å². The Bertz CT molecular complexity index is 469. The fraction of sp³-hybridized carbons (Fsp3) is 0.533. The predicted octanol–water partition coefficient (Wildman–Crippen LogP) is 2.28. The lowest BCUT2D eigenvalue weighted by atomic mass is 9.84. The quantitative estimate of drug-likeness (QED) is 0.926. The molecule has 0 radical (unpaired) electrons. The summed E-state index contributed by atoms with van der Waals surface area (Å²) in [5, 5.41) is 10.5. The van der Waals surface area contributed by atoms with E-state index in [-0.39, 0.29) is 0 Å². The van der Waals surface area contributed by atoms with E-state index in [0.29, 0.717) is 11.4 Å². The van der Waals surface area contributed by atoms with E-state index in [2.05, 4.69) is 16.8 Å². The molecule has 1 heterocycles. The zero-order valence-electron chi connectivity index (χ0n) is 12.0. The molecule has 2 rings (SSSR count). The summed E-state index contributed by atoms with van der Waals surface area (Å²) in [6.45, 7) is 5.24. The number of rotatable bonds is 4. The van der Waals surface area contributed by atoms with Crippen LogP contribution in [0.5, 0.6) is 0 Å². The van der Waals surface area contributed by atoms with E-state index in [1.807, 2.05) is 19.1 Å². The van der Waals surface area contributed by atoms with E-state index < -0.39 is 11.5 Å². The summed E-state index contributed by atoms with van der Waals surface area (Å²) in [5.41, 5.74) is -0.146. The molecule has 20 heavy (non-hydrogen) atoms. The number of piperazine rings is 1. The summed E-state index contributed by atoms with van der Waals surface area (Å²) in [6.07, 6.45) is 0.535. The maximum Gasteiger partial charge on any atom is 0.328 e. The van der Waals surface area contributed by atoms with Crippen LogP contribution in [0.4, 0.5) is 0 Å². The highest BCUT2D eigenvalue weighted by molar-refractivity contribution is 6.30. The lowest BCUT2D eigenvalue weighted by Crippen LogP contribution is -2.58. The maximum atomic E-state index is 12.0. The Hall–Kier alpha value is -1.10. The third kappa shape index (κ3) is 2.68. The Labute approximate surface area is 124 Å². The van der Waals surface area contributed by atoms with Gasteiger partial charge in [-0.05, 0) is 31.2 Å². The molecule has 1 aromatic carbocycles. The van der Waals surface area contributed by atoms with Crippen LogP contribution in [0.3, 0.4) is 0 Å². The average molecular weight is 297 g/mol. The highest BCUT2D eigenvalue weighted by Crippen LogP contribution is 2.34. The van der Waals surface area contributed by atoms with Gasteiger partial charge in [-0.1, -0.05) is 30.7 Å². The van der Waals surface area contributed by atoms with Gasteiger partial charge in [0.2, 0.25) is 0 Å². The molecular formula is C15H21ClN2O2. The van der Waals surface area contributed by atoms with Crippen LogP contribution in [-0.2, 0) is 10.3 Å². The first-order chi connectivity index (χ1) is 9.50.